The highest BCUT2D eigenvalue weighted by Crippen LogP contribution is 2.28. The van der Waals surface area contributed by atoms with Crippen molar-refractivity contribution in [3.63, 3.8) is 0 Å². The van der Waals surface area contributed by atoms with Crippen molar-refractivity contribution in [2.24, 2.45) is 0 Å². The number of hydrogen-bond donors (Lipinski definition) is 1. The van der Waals surface area contributed by atoms with Gasteiger partial charge in [0, 0.05) is 0 Å². The number of carbonyl (C=O) groups excluding carboxylic acids is 1. The molecule has 0 heterocycles. The van der Waals surface area contributed by atoms with E-state index in [4.69, 9.17) is 0 Å². The van der Waals surface area contributed by atoms with E-state index in [-0.39, 0.29) is 5.75 Å². The lowest BCUT2D eigenvalue weighted by molar-refractivity contribution is 0.0591. The van der Waals surface area contributed by atoms with Gasteiger partial charge >= 0.3 is 5.97 Å². The molecule has 0 aliphatic rings. The number of aromatic hydroxyl groups is 1. The smallest absolute Gasteiger partial charge is 0.344 e. The first kappa shape index (κ1) is 10.3. The number of benzene rings is 1. The van der Waals surface area contributed by atoms with E-state index in [1.807, 2.05) is 0 Å². The van der Waals surface area contributed by atoms with Crippen LogP contribution in [0.5, 0.6) is 11.5 Å². The topological polar surface area (TPSA) is 55.8 Å². The standard InChI is InChI=1S/C9H9FO4/c1-13-6-4-3-5(11)7(8(6)10)9(12)14-2/h3-4,11H,1-2H3. The monoisotopic (exact) mass is 200 g/mol. The molecule has 0 amide bonds. The van der Waals surface area contributed by atoms with Crippen molar-refractivity contribution < 1.29 is 23.8 Å². The molecule has 0 radical (unpaired) electrons. The fourth-order valence-electron chi connectivity index (χ4n) is 1.00. The van der Waals surface area contributed by atoms with Crippen LogP contribution in [0.1, 0.15) is 10.4 Å². The van der Waals surface area contributed by atoms with Crippen molar-refractivity contribution in [1.82, 2.24) is 0 Å². The molecule has 5 heteroatoms. The zero-order valence-corrected chi connectivity index (χ0v) is 7.70. The van der Waals surface area contributed by atoms with Crippen LogP contribution in [0.25, 0.3) is 0 Å². The van der Waals surface area contributed by atoms with Gasteiger partial charge in [-0.1, -0.05) is 0 Å². The van der Waals surface area contributed by atoms with Crippen LogP contribution in [-0.4, -0.2) is 25.3 Å². The van der Waals surface area contributed by atoms with E-state index in [0.717, 1.165) is 13.2 Å². The Labute approximate surface area is 79.9 Å². The molecule has 0 aromatic heterocycles. The molecular weight excluding hydrogens is 191 g/mol. The second-order valence-corrected chi connectivity index (χ2v) is 2.47. The maximum atomic E-state index is 13.4. The molecule has 1 rings (SSSR count). The molecule has 0 atom stereocenters. The van der Waals surface area contributed by atoms with E-state index in [9.17, 15) is 14.3 Å². The van der Waals surface area contributed by atoms with Gasteiger partial charge < -0.3 is 14.6 Å². The fourth-order valence-corrected chi connectivity index (χ4v) is 1.00. The Kier molecular flexibility index (Phi) is 2.91. The summed E-state index contributed by atoms with van der Waals surface area (Å²) in [7, 11) is 2.36. The quantitative estimate of drug-likeness (QED) is 0.731. The molecule has 1 aromatic rings. The first-order valence-corrected chi connectivity index (χ1v) is 3.75. The Balaban J connectivity index is 3.32. The van der Waals surface area contributed by atoms with Gasteiger partial charge in [0.2, 0.25) is 0 Å². The van der Waals surface area contributed by atoms with Crippen LogP contribution in [0.3, 0.4) is 0 Å². The van der Waals surface area contributed by atoms with Crippen LogP contribution < -0.4 is 4.74 Å². The van der Waals surface area contributed by atoms with Gasteiger partial charge in [0.25, 0.3) is 0 Å². The van der Waals surface area contributed by atoms with Crippen molar-refractivity contribution >= 4 is 5.97 Å². The highest BCUT2D eigenvalue weighted by Gasteiger charge is 2.20. The van der Waals surface area contributed by atoms with Crippen molar-refractivity contribution in [3.8, 4) is 11.5 Å². The van der Waals surface area contributed by atoms with Gasteiger partial charge in [-0.3, -0.25) is 0 Å². The highest BCUT2D eigenvalue weighted by molar-refractivity contribution is 5.93. The summed E-state index contributed by atoms with van der Waals surface area (Å²) in [4.78, 5) is 11.0. The summed E-state index contributed by atoms with van der Waals surface area (Å²) >= 11 is 0. The number of ether oxygens (including phenoxy) is 2. The zero-order valence-electron chi connectivity index (χ0n) is 7.70. The van der Waals surface area contributed by atoms with Crippen LogP contribution in [-0.2, 0) is 4.74 Å². The summed E-state index contributed by atoms with van der Waals surface area (Å²) in [6.45, 7) is 0. The second-order valence-electron chi connectivity index (χ2n) is 2.47. The zero-order chi connectivity index (χ0) is 10.7. The van der Waals surface area contributed by atoms with E-state index in [2.05, 4.69) is 9.47 Å². The minimum absolute atomic E-state index is 0.122. The Hall–Kier alpha value is -1.78. The van der Waals surface area contributed by atoms with E-state index in [1.165, 1.54) is 13.2 Å². The van der Waals surface area contributed by atoms with Gasteiger partial charge in [0.05, 0.1) is 14.2 Å². The van der Waals surface area contributed by atoms with Crippen LogP contribution in [0.15, 0.2) is 12.1 Å². The van der Waals surface area contributed by atoms with Crippen LogP contribution in [0.4, 0.5) is 4.39 Å². The van der Waals surface area contributed by atoms with Gasteiger partial charge in [-0.25, -0.2) is 9.18 Å². The molecule has 1 N–H and O–H groups in total. The van der Waals surface area contributed by atoms with Crippen molar-refractivity contribution in [3.05, 3.63) is 23.5 Å². The van der Waals surface area contributed by atoms with Crippen molar-refractivity contribution in [1.29, 1.82) is 0 Å². The van der Waals surface area contributed by atoms with E-state index < -0.39 is 23.1 Å². The molecule has 0 fully saturated rings. The van der Waals surface area contributed by atoms with Gasteiger partial charge in [-0.05, 0) is 12.1 Å². The van der Waals surface area contributed by atoms with Crippen LogP contribution in [0, 0.1) is 5.82 Å². The third-order valence-electron chi connectivity index (χ3n) is 1.69. The average Bonchev–Trinajstić information content (AvgIpc) is 2.18. The Bertz CT molecular complexity index is 362. The molecule has 0 spiro atoms. The lowest BCUT2D eigenvalue weighted by atomic mass is 10.2. The van der Waals surface area contributed by atoms with Gasteiger partial charge in [-0.15, -0.1) is 0 Å². The molecule has 4 nitrogen and oxygen atoms in total. The molecule has 0 aliphatic carbocycles. The lowest BCUT2D eigenvalue weighted by Gasteiger charge is -2.07. The minimum Gasteiger partial charge on any atom is -0.507 e. The fraction of sp³-hybridized carbons (Fsp3) is 0.222. The van der Waals surface area contributed by atoms with Gasteiger partial charge in [0.1, 0.15) is 11.3 Å². The summed E-state index contributed by atoms with van der Waals surface area (Å²) in [6, 6.07) is 2.38. The summed E-state index contributed by atoms with van der Waals surface area (Å²) in [5, 5.41) is 9.22. The summed E-state index contributed by atoms with van der Waals surface area (Å²) in [5.41, 5.74) is -0.521. The van der Waals surface area contributed by atoms with Crippen LogP contribution in [0.2, 0.25) is 0 Å². The number of halogens is 1. The first-order chi connectivity index (χ1) is 6.61. The third kappa shape index (κ3) is 1.61. The number of carbonyl (C=O) groups is 1. The Morgan fingerprint density at radius 3 is 2.57 bits per heavy atom. The molecule has 0 saturated heterocycles. The minimum atomic E-state index is -0.945. The predicted molar refractivity (Wildman–Crippen MR) is 46.0 cm³/mol. The summed E-state index contributed by atoms with van der Waals surface area (Å²) < 4.78 is 22.3. The second kappa shape index (κ2) is 3.95. The van der Waals surface area contributed by atoms with Crippen molar-refractivity contribution in [2.75, 3.05) is 14.2 Å². The lowest BCUT2D eigenvalue weighted by Crippen LogP contribution is -2.06. The maximum Gasteiger partial charge on any atom is 0.344 e. The van der Waals surface area contributed by atoms with Gasteiger partial charge in [0.15, 0.2) is 11.6 Å². The maximum absolute atomic E-state index is 13.4. The molecule has 0 aliphatic heterocycles. The number of phenols is 1. The van der Waals surface area contributed by atoms with E-state index >= 15 is 0 Å². The third-order valence-corrected chi connectivity index (χ3v) is 1.69. The first-order valence-electron chi connectivity index (χ1n) is 3.75. The van der Waals surface area contributed by atoms with Gasteiger partial charge in [-0.2, -0.15) is 0 Å². The predicted octanol–water partition coefficient (Wildman–Crippen LogP) is 1.33. The number of esters is 1. The molecule has 1 aromatic carbocycles. The molecule has 0 saturated carbocycles. The molecule has 76 valence electrons. The molecule has 0 bridgehead atoms. The van der Waals surface area contributed by atoms with Crippen LogP contribution >= 0.6 is 0 Å². The summed E-state index contributed by atoms with van der Waals surface area (Å²) in [6.07, 6.45) is 0. The van der Waals surface area contributed by atoms with Crippen molar-refractivity contribution in [2.45, 2.75) is 0 Å². The number of rotatable bonds is 2. The highest BCUT2D eigenvalue weighted by atomic mass is 19.1. The summed E-state index contributed by atoms with van der Waals surface area (Å²) in [5.74, 6) is -2.48. The number of hydrogen-bond acceptors (Lipinski definition) is 4. The van der Waals surface area contributed by atoms with E-state index in [0.29, 0.717) is 0 Å². The number of phenolic OH excluding ortho intramolecular Hbond substituents is 1. The normalized spacial score (nSPS) is 9.64. The van der Waals surface area contributed by atoms with E-state index in [1.54, 1.807) is 0 Å². The largest absolute Gasteiger partial charge is 0.507 e. The Morgan fingerprint density at radius 1 is 1.43 bits per heavy atom. The molecule has 14 heavy (non-hydrogen) atoms. The Morgan fingerprint density at radius 2 is 2.07 bits per heavy atom. The molecular formula is C9H9FO4. The molecule has 0 unspecified atom stereocenters. The number of methoxy groups -OCH3 is 2. The average molecular weight is 200 g/mol. The SMILES string of the molecule is COC(=O)c1c(O)ccc(OC)c1F.